The van der Waals surface area contributed by atoms with Crippen LogP contribution in [0.1, 0.15) is 12.5 Å². The van der Waals surface area contributed by atoms with Gasteiger partial charge in [-0.3, -0.25) is 0 Å². The Morgan fingerprint density at radius 2 is 1.19 bits per heavy atom. The average Bonchev–Trinajstić information content (AvgIpc) is 2.67. The lowest BCUT2D eigenvalue weighted by atomic mass is 9.98. The number of benzene rings is 1. The van der Waals surface area contributed by atoms with Crippen LogP contribution in [-0.4, -0.2) is 62.0 Å². The van der Waals surface area contributed by atoms with E-state index in [0.717, 1.165) is 19.2 Å². The summed E-state index contributed by atoms with van der Waals surface area (Å²) in [6.07, 6.45) is -7.64. The van der Waals surface area contributed by atoms with E-state index in [1.54, 1.807) is 0 Å². The molecule has 0 fully saturated rings. The van der Waals surface area contributed by atoms with E-state index in [1.165, 1.54) is 6.92 Å². The summed E-state index contributed by atoms with van der Waals surface area (Å²) in [6.45, 7) is 0.876. The summed E-state index contributed by atoms with van der Waals surface area (Å²) in [5, 5.41) is 4.41. The monoisotopic (exact) mass is 579 g/mol. The summed E-state index contributed by atoms with van der Waals surface area (Å²) in [5.74, 6) is -34.0. The number of hydrogen-bond acceptors (Lipinski definition) is 5. The Labute approximate surface area is 193 Å². The SMILES string of the molecule is CCO[N+](C)([O-])Cc1ccc(OS(=O)(=O)C(F)(F)C(F)(F)C(F)(F)C(F)(F)C(F)(F)C(F)(F)F)cc1. The van der Waals surface area contributed by atoms with Crippen molar-refractivity contribution in [1.82, 2.24) is 0 Å². The summed E-state index contributed by atoms with van der Waals surface area (Å²) >= 11 is 0. The molecule has 0 aliphatic heterocycles. The van der Waals surface area contributed by atoms with E-state index in [4.69, 9.17) is 4.84 Å². The Hall–Kier alpha value is -2.06. The van der Waals surface area contributed by atoms with Gasteiger partial charge in [-0.2, -0.15) is 65.5 Å². The molecule has 1 unspecified atom stereocenters. The van der Waals surface area contributed by atoms with Gasteiger partial charge in [-0.05, 0) is 31.2 Å². The minimum atomic E-state index is -8.29. The van der Waals surface area contributed by atoms with Crippen LogP contribution in [0.25, 0.3) is 0 Å². The van der Waals surface area contributed by atoms with Crippen LogP contribution in [0.5, 0.6) is 5.75 Å². The molecule has 0 heterocycles. The molecule has 0 aliphatic rings. The van der Waals surface area contributed by atoms with Crippen molar-refractivity contribution in [2.75, 3.05) is 13.7 Å². The number of alkyl halides is 13. The highest BCUT2D eigenvalue weighted by atomic mass is 32.2. The molecule has 36 heavy (non-hydrogen) atoms. The smallest absolute Gasteiger partial charge is 0.460 e. The molecule has 1 atom stereocenters. The van der Waals surface area contributed by atoms with Gasteiger partial charge in [-0.1, -0.05) is 0 Å². The van der Waals surface area contributed by atoms with E-state index in [-0.39, 0.29) is 12.2 Å². The quantitative estimate of drug-likeness (QED) is 0.150. The lowest BCUT2D eigenvalue weighted by molar-refractivity contribution is -1.06. The summed E-state index contributed by atoms with van der Waals surface area (Å²) in [6, 6.07) is 2.39. The number of quaternary nitrogens is 1. The first-order chi connectivity index (χ1) is 15.7. The van der Waals surface area contributed by atoms with Gasteiger partial charge in [0.2, 0.25) is 0 Å². The molecule has 1 aromatic rings. The van der Waals surface area contributed by atoms with Gasteiger partial charge in [-0.15, -0.1) is 0 Å². The van der Waals surface area contributed by atoms with Crippen LogP contribution in [-0.2, 0) is 21.5 Å². The Kier molecular flexibility index (Phi) is 8.31. The van der Waals surface area contributed by atoms with Crippen molar-refractivity contribution in [2.45, 2.75) is 48.6 Å². The second kappa shape index (κ2) is 9.35. The van der Waals surface area contributed by atoms with Gasteiger partial charge in [0, 0.05) is 5.56 Å². The maximum atomic E-state index is 13.9. The first-order valence-corrected chi connectivity index (χ1v) is 10.3. The minimum absolute atomic E-state index is 0.0108. The van der Waals surface area contributed by atoms with Crippen LogP contribution in [0.4, 0.5) is 57.1 Å². The van der Waals surface area contributed by atoms with Crippen molar-refractivity contribution < 1.29 is 79.3 Å². The van der Waals surface area contributed by atoms with Crippen LogP contribution < -0.4 is 4.18 Å². The predicted octanol–water partition coefficient (Wildman–Crippen LogP) is 5.49. The van der Waals surface area contributed by atoms with Crippen LogP contribution in [0.2, 0.25) is 0 Å². The second-order valence-electron chi connectivity index (χ2n) is 7.08. The van der Waals surface area contributed by atoms with E-state index in [2.05, 4.69) is 4.18 Å². The van der Waals surface area contributed by atoms with Crippen molar-refractivity contribution in [3.05, 3.63) is 35.0 Å². The molecule has 0 amide bonds. The standard InChI is InChI=1S/C16H14F13NO5S/c1-3-34-30(2,31)8-9-4-6-10(7-5-9)35-36(32,33)16(28,29)14(23,24)12(19,20)11(17,18)13(21,22)15(25,26)27/h4-7H,3,8H2,1-2H3. The fraction of sp³-hybridized carbons (Fsp3) is 0.625. The highest BCUT2D eigenvalue weighted by Crippen LogP contribution is 2.61. The molecule has 0 radical (unpaired) electrons. The normalized spacial score (nSPS) is 16.6. The number of nitrogens with zero attached hydrogens (tertiary/aromatic N) is 1. The van der Waals surface area contributed by atoms with Gasteiger partial charge in [0.05, 0.1) is 7.05 Å². The van der Waals surface area contributed by atoms with Crippen molar-refractivity contribution in [3.63, 3.8) is 0 Å². The molecule has 1 rings (SSSR count). The zero-order valence-electron chi connectivity index (χ0n) is 17.5. The largest absolute Gasteiger partial charge is 0.598 e. The number of hydroxylamine groups is 4. The summed E-state index contributed by atoms with van der Waals surface area (Å²) < 4.78 is 197. The Morgan fingerprint density at radius 1 is 0.778 bits per heavy atom. The van der Waals surface area contributed by atoms with E-state index >= 15 is 0 Å². The molecule has 6 nitrogen and oxygen atoms in total. The van der Waals surface area contributed by atoms with Gasteiger partial charge in [0.25, 0.3) is 0 Å². The second-order valence-corrected chi connectivity index (χ2v) is 8.67. The molecule has 0 spiro atoms. The van der Waals surface area contributed by atoms with Crippen LogP contribution in [0.3, 0.4) is 0 Å². The number of rotatable bonds is 11. The molecule has 0 N–H and O–H groups in total. The highest BCUT2D eigenvalue weighted by Gasteiger charge is 2.93. The molecule has 0 saturated carbocycles. The summed E-state index contributed by atoms with van der Waals surface area (Å²) in [5.41, 5.74) is -0.0108. The van der Waals surface area contributed by atoms with E-state index in [9.17, 15) is 70.7 Å². The molecule has 0 aromatic heterocycles. The topological polar surface area (TPSA) is 75.7 Å². The zero-order chi connectivity index (χ0) is 28.8. The van der Waals surface area contributed by atoms with Crippen molar-refractivity contribution in [2.24, 2.45) is 0 Å². The van der Waals surface area contributed by atoms with Crippen molar-refractivity contribution in [1.29, 1.82) is 0 Å². The van der Waals surface area contributed by atoms with E-state index in [1.807, 2.05) is 0 Å². The van der Waals surface area contributed by atoms with Gasteiger partial charge in [0.1, 0.15) is 18.9 Å². The lowest BCUT2D eigenvalue weighted by Gasteiger charge is -2.38. The molecule has 0 saturated heterocycles. The summed E-state index contributed by atoms with van der Waals surface area (Å²) in [4.78, 5) is 3.38. The van der Waals surface area contributed by atoms with E-state index < -0.39 is 62.3 Å². The molecular weight excluding hydrogens is 565 g/mol. The van der Waals surface area contributed by atoms with Crippen molar-refractivity contribution in [3.8, 4) is 5.75 Å². The first kappa shape index (κ1) is 32.0. The molecule has 0 bridgehead atoms. The van der Waals surface area contributed by atoms with Gasteiger partial charge < -0.3 is 9.39 Å². The average molecular weight is 579 g/mol. The van der Waals surface area contributed by atoms with Crippen LogP contribution in [0.15, 0.2) is 24.3 Å². The van der Waals surface area contributed by atoms with E-state index in [0.29, 0.717) is 12.1 Å². The molecule has 0 aliphatic carbocycles. The molecule has 1 aromatic carbocycles. The molecular formula is C16H14F13NO5S. The summed E-state index contributed by atoms with van der Waals surface area (Å²) in [7, 11) is -6.47. The lowest BCUT2D eigenvalue weighted by Crippen LogP contribution is -2.71. The maximum Gasteiger partial charge on any atom is 0.460 e. The zero-order valence-corrected chi connectivity index (χ0v) is 18.4. The molecule has 210 valence electrons. The highest BCUT2D eigenvalue weighted by molar-refractivity contribution is 7.88. The molecule has 20 heteroatoms. The fourth-order valence-electron chi connectivity index (χ4n) is 2.39. The Balaban J connectivity index is 3.36. The predicted molar refractivity (Wildman–Crippen MR) is 91.7 cm³/mol. The van der Waals surface area contributed by atoms with Crippen molar-refractivity contribution >= 4 is 10.1 Å². The maximum absolute atomic E-state index is 13.9. The van der Waals surface area contributed by atoms with Gasteiger partial charge in [-0.25, -0.2) is 9.65 Å². The fourth-order valence-corrected chi connectivity index (χ4v) is 3.30. The third-order valence-electron chi connectivity index (χ3n) is 4.22. The Bertz CT molecular complexity index is 1020. The van der Waals surface area contributed by atoms with Gasteiger partial charge in [0.15, 0.2) is 0 Å². The number of hydrogen-bond donors (Lipinski definition) is 0. The number of halogens is 13. The minimum Gasteiger partial charge on any atom is -0.598 e. The van der Waals surface area contributed by atoms with Crippen LogP contribution in [0, 0.1) is 5.21 Å². The van der Waals surface area contributed by atoms with Gasteiger partial charge >= 0.3 is 45.2 Å². The van der Waals surface area contributed by atoms with Crippen LogP contribution >= 0.6 is 0 Å². The third-order valence-corrected chi connectivity index (χ3v) is 5.52. The Morgan fingerprint density at radius 3 is 1.58 bits per heavy atom. The first-order valence-electron chi connectivity index (χ1n) is 8.91. The third kappa shape index (κ3) is 5.30.